The second-order valence-electron chi connectivity index (χ2n) is 8.43. The molecule has 0 bridgehead atoms. The van der Waals surface area contributed by atoms with Crippen LogP contribution in [0.3, 0.4) is 0 Å². The fraction of sp³-hybridized carbons (Fsp3) is 0.133. The molecule has 0 aliphatic carbocycles. The van der Waals surface area contributed by atoms with Crippen LogP contribution in [-0.2, 0) is 6.54 Å². The molecule has 178 valence electrons. The van der Waals surface area contributed by atoms with Gasteiger partial charge in [-0.1, -0.05) is 42.3 Å². The van der Waals surface area contributed by atoms with Crippen molar-refractivity contribution in [2.24, 2.45) is 0 Å². The molecular weight excluding hydrogens is 456 g/mol. The smallest absolute Gasteiger partial charge is 0.169 e. The molecule has 0 amide bonds. The Labute approximate surface area is 208 Å². The first-order chi connectivity index (χ1) is 17.5. The van der Waals surface area contributed by atoms with E-state index >= 15 is 0 Å². The van der Waals surface area contributed by atoms with E-state index in [4.69, 9.17) is 4.74 Å². The first-order valence-corrected chi connectivity index (χ1v) is 11.5. The van der Waals surface area contributed by atoms with Crippen LogP contribution in [0, 0.1) is 30.4 Å². The average molecular weight is 480 g/mol. The molecule has 36 heavy (non-hydrogen) atoms. The largest absolute Gasteiger partial charge is 0.481 e. The number of nitrogens with zero attached hydrogens (tertiary/aromatic N) is 3. The Morgan fingerprint density at radius 2 is 1.72 bits per heavy atom. The maximum atomic E-state index is 14.2. The minimum absolute atomic E-state index is 0.0536. The summed E-state index contributed by atoms with van der Waals surface area (Å²) in [5.41, 5.74) is 5.83. The van der Waals surface area contributed by atoms with E-state index in [1.807, 2.05) is 35.2 Å². The van der Waals surface area contributed by atoms with Crippen molar-refractivity contribution in [1.82, 2.24) is 14.5 Å². The molecule has 0 aromatic heterocycles. The molecule has 0 saturated heterocycles. The van der Waals surface area contributed by atoms with Crippen LogP contribution in [0.2, 0.25) is 0 Å². The Hall–Kier alpha value is -4.50. The fourth-order valence-electron chi connectivity index (χ4n) is 4.09. The van der Waals surface area contributed by atoms with Crippen molar-refractivity contribution in [2.75, 3.05) is 6.61 Å². The van der Waals surface area contributed by atoms with E-state index in [2.05, 4.69) is 59.1 Å². The second kappa shape index (κ2) is 10.0. The van der Waals surface area contributed by atoms with Gasteiger partial charge in [-0.15, -0.1) is 5.92 Å². The molecule has 3 aromatic carbocycles. The number of ether oxygens (including phenoxy) is 1. The topological polar surface area (TPSA) is 39.9 Å². The predicted octanol–water partition coefficient (Wildman–Crippen LogP) is 6.75. The van der Waals surface area contributed by atoms with E-state index in [-0.39, 0.29) is 11.4 Å². The molecule has 3 aromatic rings. The molecule has 0 N–H and O–H groups in total. The van der Waals surface area contributed by atoms with Crippen LogP contribution >= 0.6 is 0 Å². The molecule has 5 rings (SSSR count). The number of hydrogen-bond donors (Lipinski definition) is 0. The Bertz CT molecular complexity index is 1560. The van der Waals surface area contributed by atoms with Gasteiger partial charge in [-0.05, 0) is 66.4 Å². The van der Waals surface area contributed by atoms with Crippen LogP contribution in [0.25, 0.3) is 33.9 Å². The van der Waals surface area contributed by atoms with E-state index in [0.29, 0.717) is 24.5 Å². The number of benzene rings is 3. The molecule has 6 heteroatoms. The number of imidazole rings is 1. The third kappa shape index (κ3) is 4.82. The highest BCUT2D eigenvalue weighted by Crippen LogP contribution is 2.29. The number of pyridine rings is 1. The van der Waals surface area contributed by atoms with Gasteiger partial charge in [0, 0.05) is 18.9 Å². The van der Waals surface area contributed by atoms with Crippen LogP contribution in [0.5, 0.6) is 5.75 Å². The summed E-state index contributed by atoms with van der Waals surface area (Å²) in [7, 11) is 0. The zero-order chi connectivity index (χ0) is 25.1. The summed E-state index contributed by atoms with van der Waals surface area (Å²) in [4.78, 5) is 8.79. The van der Waals surface area contributed by atoms with Gasteiger partial charge in [0.15, 0.2) is 17.5 Å². The van der Waals surface area contributed by atoms with Crippen LogP contribution in [0.1, 0.15) is 18.1 Å². The summed E-state index contributed by atoms with van der Waals surface area (Å²) in [6, 6.07) is 20.3. The fourth-order valence-corrected chi connectivity index (χ4v) is 4.09. The average Bonchev–Trinajstić information content (AvgIpc) is 3.30. The molecule has 0 fully saturated rings. The Morgan fingerprint density at radius 1 is 0.917 bits per heavy atom. The van der Waals surface area contributed by atoms with Gasteiger partial charge in [0.2, 0.25) is 0 Å². The van der Waals surface area contributed by atoms with Crippen molar-refractivity contribution in [3.63, 3.8) is 0 Å². The van der Waals surface area contributed by atoms with Crippen molar-refractivity contribution in [3.8, 4) is 51.5 Å². The van der Waals surface area contributed by atoms with Crippen LogP contribution < -0.4 is 4.74 Å². The maximum Gasteiger partial charge on any atom is 0.169 e. The van der Waals surface area contributed by atoms with Gasteiger partial charge in [-0.25, -0.2) is 18.7 Å². The minimum Gasteiger partial charge on any atom is -0.481 e. The molecule has 0 saturated carbocycles. The third-order valence-electron chi connectivity index (χ3n) is 5.94. The van der Waals surface area contributed by atoms with Gasteiger partial charge >= 0.3 is 0 Å². The quantitative estimate of drug-likeness (QED) is 0.253. The summed E-state index contributed by atoms with van der Waals surface area (Å²) in [6.07, 6.45) is 3.77. The van der Waals surface area contributed by atoms with Gasteiger partial charge in [-0.2, -0.15) is 0 Å². The minimum atomic E-state index is -0.941. The standard InChI is InChI=1S/C30H23F2N3O/c1-3-4-16-36-23-12-13-24(20(2)17-23)22-10-8-21(9-11-22)18-35-15-14-27-28(19-35)34-30(33-27)25-6-5-7-26(31)29(25)32/h5-15,17,19H,16,18H2,1-2H3. The van der Waals surface area contributed by atoms with E-state index in [0.717, 1.165) is 34.1 Å². The zero-order valence-electron chi connectivity index (χ0n) is 19.9. The highest BCUT2D eigenvalue weighted by molar-refractivity contribution is 5.69. The summed E-state index contributed by atoms with van der Waals surface area (Å²) in [6.45, 7) is 4.88. The van der Waals surface area contributed by atoms with Gasteiger partial charge in [0.25, 0.3) is 0 Å². The molecule has 2 aliphatic heterocycles. The molecule has 2 aliphatic rings. The molecule has 2 heterocycles. The first-order valence-electron chi connectivity index (χ1n) is 11.5. The van der Waals surface area contributed by atoms with E-state index < -0.39 is 11.6 Å². The van der Waals surface area contributed by atoms with Crippen LogP contribution in [0.4, 0.5) is 8.78 Å². The lowest BCUT2D eigenvalue weighted by atomic mass is 9.99. The highest BCUT2D eigenvalue weighted by atomic mass is 19.2. The number of rotatable bonds is 6. The van der Waals surface area contributed by atoms with Crippen molar-refractivity contribution < 1.29 is 13.5 Å². The normalized spacial score (nSPS) is 10.8. The van der Waals surface area contributed by atoms with Crippen molar-refractivity contribution in [3.05, 3.63) is 102 Å². The lowest BCUT2D eigenvalue weighted by Gasteiger charge is -2.11. The number of hydrogen-bond acceptors (Lipinski definition) is 3. The van der Waals surface area contributed by atoms with Crippen molar-refractivity contribution in [1.29, 1.82) is 0 Å². The van der Waals surface area contributed by atoms with Gasteiger partial charge < -0.3 is 9.30 Å². The number of aryl methyl sites for hydroxylation is 1. The molecule has 0 unspecified atom stereocenters. The molecule has 4 nitrogen and oxygen atoms in total. The lowest BCUT2D eigenvalue weighted by molar-refractivity contribution is 0.370. The summed E-state index contributed by atoms with van der Waals surface area (Å²) >= 11 is 0. The van der Waals surface area contributed by atoms with E-state index in [1.54, 1.807) is 6.92 Å². The second-order valence-corrected chi connectivity index (χ2v) is 8.43. The number of fused-ring (bicyclic) bond motifs is 1. The molecule has 0 radical (unpaired) electrons. The summed E-state index contributed by atoms with van der Waals surface area (Å²) in [5.74, 6) is 4.85. The van der Waals surface area contributed by atoms with E-state index in [1.165, 1.54) is 12.1 Å². The van der Waals surface area contributed by atoms with Crippen molar-refractivity contribution in [2.45, 2.75) is 20.4 Å². The van der Waals surface area contributed by atoms with Crippen LogP contribution in [0.15, 0.2) is 79.1 Å². The molecular formula is C30H23F2N3O. The van der Waals surface area contributed by atoms with E-state index in [9.17, 15) is 8.78 Å². The monoisotopic (exact) mass is 479 g/mol. The molecule has 0 atom stereocenters. The predicted molar refractivity (Wildman–Crippen MR) is 137 cm³/mol. The highest BCUT2D eigenvalue weighted by Gasteiger charge is 2.17. The van der Waals surface area contributed by atoms with Crippen molar-refractivity contribution >= 4 is 0 Å². The maximum absolute atomic E-state index is 14.2. The zero-order valence-corrected chi connectivity index (χ0v) is 19.9. The number of halogens is 2. The Morgan fingerprint density at radius 3 is 2.50 bits per heavy atom. The summed E-state index contributed by atoms with van der Waals surface area (Å²) < 4.78 is 35.4. The third-order valence-corrected chi connectivity index (χ3v) is 5.94. The Balaban J connectivity index is 1.33. The van der Waals surface area contributed by atoms with Gasteiger partial charge in [0.05, 0.1) is 11.3 Å². The van der Waals surface area contributed by atoms with Gasteiger partial charge in [0.1, 0.15) is 18.1 Å². The molecule has 0 spiro atoms. The lowest BCUT2D eigenvalue weighted by Crippen LogP contribution is -2.01. The van der Waals surface area contributed by atoms with Gasteiger partial charge in [-0.3, -0.25) is 0 Å². The SMILES string of the molecule is CC#CCOc1ccc(-c2ccc(Cn3ccc4nc(-c5cccc(F)c5F)nc-4c3)cc2)c(C)c1. The summed E-state index contributed by atoms with van der Waals surface area (Å²) in [5, 5.41) is 0. The first kappa shape index (κ1) is 23.3. The Kier molecular flexibility index (Phi) is 6.46. The van der Waals surface area contributed by atoms with Crippen LogP contribution in [-0.4, -0.2) is 21.1 Å². The number of aromatic nitrogens is 3.